The van der Waals surface area contributed by atoms with Crippen LogP contribution in [0.3, 0.4) is 0 Å². The molecule has 0 spiro atoms. The molecule has 0 bridgehead atoms. The van der Waals surface area contributed by atoms with Crippen LogP contribution in [-0.4, -0.2) is 59.8 Å². The number of aliphatic hydroxyl groups excluding tert-OH is 1. The predicted molar refractivity (Wildman–Crippen MR) is 109 cm³/mol. The highest BCUT2D eigenvalue weighted by molar-refractivity contribution is 14.0. The molecule has 7 heteroatoms. The fraction of sp³-hybridized carbons (Fsp3) is 0.647. The van der Waals surface area contributed by atoms with Crippen LogP contribution in [0.2, 0.25) is 0 Å². The second-order valence-electron chi connectivity index (χ2n) is 5.87. The first-order valence-corrected chi connectivity index (χ1v) is 8.60. The highest BCUT2D eigenvalue weighted by atomic mass is 127. The first kappa shape index (κ1) is 21.1. The maximum atomic E-state index is 9.52. The van der Waals surface area contributed by atoms with Crippen molar-refractivity contribution in [1.82, 2.24) is 20.5 Å². The molecule has 0 aromatic carbocycles. The number of aromatic nitrogens is 1. The lowest BCUT2D eigenvalue weighted by Gasteiger charge is -2.29. The summed E-state index contributed by atoms with van der Waals surface area (Å²) in [6.45, 7) is 7.48. The van der Waals surface area contributed by atoms with Gasteiger partial charge in [0, 0.05) is 32.4 Å². The number of piperidine rings is 1. The van der Waals surface area contributed by atoms with Crippen LogP contribution < -0.4 is 10.6 Å². The Morgan fingerprint density at radius 1 is 1.33 bits per heavy atom. The van der Waals surface area contributed by atoms with Gasteiger partial charge in [-0.25, -0.2) is 4.99 Å². The summed E-state index contributed by atoms with van der Waals surface area (Å²) in [5.74, 6) is 0.840. The molecule has 0 atom stereocenters. The van der Waals surface area contributed by atoms with Crippen LogP contribution in [0.25, 0.3) is 0 Å². The summed E-state index contributed by atoms with van der Waals surface area (Å²) < 4.78 is 0. The number of nitrogens with one attached hydrogen (secondary N) is 2. The highest BCUT2D eigenvalue weighted by Gasteiger charge is 2.15. The molecule has 136 valence electrons. The smallest absolute Gasteiger partial charge is 0.191 e. The van der Waals surface area contributed by atoms with Crippen molar-refractivity contribution in [2.75, 3.05) is 32.7 Å². The second-order valence-corrected chi connectivity index (χ2v) is 5.87. The second kappa shape index (κ2) is 12.4. The minimum absolute atomic E-state index is 0. The third-order valence-corrected chi connectivity index (χ3v) is 3.97. The largest absolute Gasteiger partial charge is 0.393 e. The predicted octanol–water partition coefficient (Wildman–Crippen LogP) is 1.60. The molecule has 1 fully saturated rings. The van der Waals surface area contributed by atoms with E-state index in [1.54, 1.807) is 6.20 Å². The van der Waals surface area contributed by atoms with Gasteiger partial charge < -0.3 is 20.6 Å². The minimum Gasteiger partial charge on any atom is -0.393 e. The number of aliphatic hydroxyl groups is 1. The van der Waals surface area contributed by atoms with Gasteiger partial charge in [0.15, 0.2) is 5.96 Å². The van der Waals surface area contributed by atoms with E-state index < -0.39 is 0 Å². The van der Waals surface area contributed by atoms with Gasteiger partial charge in [0.1, 0.15) is 0 Å². The molecule has 0 amide bonds. The zero-order chi connectivity index (χ0) is 16.3. The molecule has 1 aliphatic rings. The molecule has 3 N–H and O–H groups in total. The molecule has 24 heavy (non-hydrogen) atoms. The summed E-state index contributed by atoms with van der Waals surface area (Å²) in [5, 5.41) is 16.2. The lowest BCUT2D eigenvalue weighted by atomic mass is 10.1. The molecule has 1 saturated heterocycles. The number of rotatable bonds is 7. The van der Waals surface area contributed by atoms with Gasteiger partial charge in [-0.1, -0.05) is 6.07 Å². The standard InChI is InChI=1S/C17H29N5O.HI/c1-2-18-17(21-14-15-6-3-4-9-19-15)20-10-5-11-22-12-7-16(23)8-13-22;/h3-4,6,9,16,23H,2,5,7-8,10-14H2,1H3,(H2,18,20,21);1H. The number of aliphatic imine (C=N–C) groups is 1. The van der Waals surface area contributed by atoms with Gasteiger partial charge in [0.25, 0.3) is 0 Å². The quantitative estimate of drug-likeness (QED) is 0.256. The Balaban J connectivity index is 0.00000288. The lowest BCUT2D eigenvalue weighted by Crippen LogP contribution is -2.40. The van der Waals surface area contributed by atoms with E-state index in [1.165, 1.54) is 0 Å². The Morgan fingerprint density at radius 3 is 2.79 bits per heavy atom. The van der Waals surface area contributed by atoms with Crippen LogP contribution in [-0.2, 0) is 6.54 Å². The summed E-state index contributed by atoms with van der Waals surface area (Å²) in [7, 11) is 0. The third kappa shape index (κ3) is 8.25. The molecule has 2 rings (SSSR count). The Kier molecular flexibility index (Phi) is 10.9. The normalized spacial score (nSPS) is 16.5. The fourth-order valence-electron chi connectivity index (χ4n) is 2.65. The summed E-state index contributed by atoms with van der Waals surface area (Å²) in [4.78, 5) is 11.3. The Bertz CT molecular complexity index is 463. The molecule has 0 radical (unpaired) electrons. The number of nitrogens with zero attached hydrogens (tertiary/aromatic N) is 3. The SMILES string of the molecule is CCNC(=NCc1ccccn1)NCCCN1CCC(O)CC1.I. The Hall–Kier alpha value is -0.930. The summed E-state index contributed by atoms with van der Waals surface area (Å²) in [5.41, 5.74) is 0.969. The number of likely N-dealkylation sites (tertiary alicyclic amines) is 1. The average molecular weight is 447 g/mol. The average Bonchev–Trinajstić information content (AvgIpc) is 2.59. The minimum atomic E-state index is -0.0940. The van der Waals surface area contributed by atoms with Gasteiger partial charge >= 0.3 is 0 Å². The van der Waals surface area contributed by atoms with Crippen LogP contribution in [0.5, 0.6) is 0 Å². The van der Waals surface area contributed by atoms with Crippen LogP contribution in [0.15, 0.2) is 29.4 Å². The molecule has 6 nitrogen and oxygen atoms in total. The zero-order valence-electron chi connectivity index (χ0n) is 14.4. The maximum absolute atomic E-state index is 9.52. The van der Waals surface area contributed by atoms with Crippen LogP contribution >= 0.6 is 24.0 Å². The van der Waals surface area contributed by atoms with Crippen molar-refractivity contribution in [3.63, 3.8) is 0 Å². The maximum Gasteiger partial charge on any atom is 0.191 e. The topological polar surface area (TPSA) is 72.8 Å². The molecule has 1 aromatic rings. The van der Waals surface area contributed by atoms with Crippen LogP contribution in [0, 0.1) is 0 Å². The van der Waals surface area contributed by atoms with Gasteiger partial charge in [-0.2, -0.15) is 0 Å². The lowest BCUT2D eigenvalue weighted by molar-refractivity contribution is 0.0823. The van der Waals surface area contributed by atoms with E-state index in [2.05, 4.69) is 32.4 Å². The van der Waals surface area contributed by atoms with Crippen molar-refractivity contribution < 1.29 is 5.11 Å². The number of guanidine groups is 1. The molecular formula is C17H30IN5O. The van der Waals surface area contributed by atoms with Crippen molar-refractivity contribution >= 4 is 29.9 Å². The summed E-state index contributed by atoms with van der Waals surface area (Å²) in [6, 6.07) is 5.88. The number of pyridine rings is 1. The third-order valence-electron chi connectivity index (χ3n) is 3.97. The number of halogens is 1. The van der Waals surface area contributed by atoms with Crippen molar-refractivity contribution in [3.8, 4) is 0 Å². The van der Waals surface area contributed by atoms with Gasteiger partial charge in [-0.3, -0.25) is 4.98 Å². The van der Waals surface area contributed by atoms with E-state index in [4.69, 9.17) is 0 Å². The van der Waals surface area contributed by atoms with E-state index in [1.807, 2.05) is 18.2 Å². The number of hydrogen-bond donors (Lipinski definition) is 3. The first-order valence-electron chi connectivity index (χ1n) is 8.60. The van der Waals surface area contributed by atoms with Gasteiger partial charge in [0.05, 0.1) is 18.3 Å². The van der Waals surface area contributed by atoms with Crippen molar-refractivity contribution in [2.45, 2.75) is 38.8 Å². The van der Waals surface area contributed by atoms with Crippen molar-refractivity contribution in [3.05, 3.63) is 30.1 Å². The Labute approximate surface area is 162 Å². The highest BCUT2D eigenvalue weighted by Crippen LogP contribution is 2.09. The fourth-order valence-corrected chi connectivity index (χ4v) is 2.65. The Morgan fingerprint density at radius 2 is 2.12 bits per heavy atom. The first-order chi connectivity index (χ1) is 11.3. The van der Waals surface area contributed by atoms with E-state index in [0.29, 0.717) is 6.54 Å². The van der Waals surface area contributed by atoms with E-state index in [9.17, 15) is 5.11 Å². The van der Waals surface area contributed by atoms with Crippen molar-refractivity contribution in [2.24, 2.45) is 4.99 Å². The van der Waals surface area contributed by atoms with Crippen molar-refractivity contribution in [1.29, 1.82) is 0 Å². The molecule has 0 unspecified atom stereocenters. The zero-order valence-corrected chi connectivity index (χ0v) is 16.8. The summed E-state index contributed by atoms with van der Waals surface area (Å²) >= 11 is 0. The van der Waals surface area contributed by atoms with Crippen LogP contribution in [0.1, 0.15) is 31.9 Å². The molecule has 1 aliphatic heterocycles. The molecule has 0 aliphatic carbocycles. The van der Waals surface area contributed by atoms with Gasteiger partial charge in [0.2, 0.25) is 0 Å². The molecular weight excluding hydrogens is 417 g/mol. The van der Waals surface area contributed by atoms with E-state index in [-0.39, 0.29) is 30.1 Å². The van der Waals surface area contributed by atoms with E-state index >= 15 is 0 Å². The summed E-state index contributed by atoms with van der Waals surface area (Å²) in [6.07, 6.45) is 4.58. The molecule has 2 heterocycles. The van der Waals surface area contributed by atoms with Gasteiger partial charge in [-0.15, -0.1) is 24.0 Å². The van der Waals surface area contributed by atoms with Gasteiger partial charge in [-0.05, 0) is 44.9 Å². The van der Waals surface area contributed by atoms with E-state index in [0.717, 1.165) is 63.6 Å². The van der Waals surface area contributed by atoms with Crippen LogP contribution in [0.4, 0.5) is 0 Å². The molecule has 1 aromatic heterocycles. The monoisotopic (exact) mass is 447 g/mol. The number of hydrogen-bond acceptors (Lipinski definition) is 4. The molecule has 0 saturated carbocycles.